The summed E-state index contributed by atoms with van der Waals surface area (Å²) in [6.45, 7) is 1.65. The first-order valence-electron chi connectivity index (χ1n) is 2.24. The quantitative estimate of drug-likeness (QED) is 0.220. The minimum absolute atomic E-state index is 0.354. The van der Waals surface area contributed by atoms with E-state index >= 15 is 0 Å². The molecule has 6 heteroatoms. The average molecular weight is 151 g/mol. The molecule has 1 amide bonds. The second kappa shape index (κ2) is 4.42. The van der Waals surface area contributed by atoms with E-state index in [0.29, 0.717) is 0 Å². The molecule has 0 aliphatic rings. The van der Waals surface area contributed by atoms with Gasteiger partial charge in [-0.25, -0.2) is 9.63 Å². The first-order chi connectivity index (χ1) is 4.16. The number of hydrazine groups is 1. The molecule has 0 saturated carbocycles. The van der Waals surface area contributed by atoms with E-state index in [1.807, 2.05) is 0 Å². The number of hydrogen-bond acceptors (Lipinski definition) is 5. The van der Waals surface area contributed by atoms with Crippen molar-refractivity contribution in [3.63, 3.8) is 0 Å². The van der Waals surface area contributed by atoms with Crippen molar-refractivity contribution < 1.29 is 9.53 Å². The van der Waals surface area contributed by atoms with Gasteiger partial charge in [-0.15, -0.1) is 0 Å². The van der Waals surface area contributed by atoms with Crippen LogP contribution in [0.3, 0.4) is 0 Å². The van der Waals surface area contributed by atoms with Crippen molar-refractivity contribution in [3.8, 4) is 0 Å². The predicted molar refractivity (Wildman–Crippen MR) is 35.0 cm³/mol. The highest BCUT2D eigenvalue weighted by atomic mass is 32.2. The third-order valence-corrected chi connectivity index (χ3v) is 1.08. The second-order valence-corrected chi connectivity index (χ2v) is 2.38. The average Bonchev–Trinajstić information content (AvgIpc) is 1.63. The molecule has 0 bridgehead atoms. The molecule has 0 aromatic carbocycles. The van der Waals surface area contributed by atoms with Gasteiger partial charge in [0, 0.05) is 0 Å². The van der Waals surface area contributed by atoms with Crippen LogP contribution in [0.25, 0.3) is 0 Å². The fourth-order valence-corrected chi connectivity index (χ4v) is 0.618. The van der Waals surface area contributed by atoms with Crippen LogP contribution in [0.2, 0.25) is 0 Å². The van der Waals surface area contributed by atoms with Crippen molar-refractivity contribution in [2.75, 3.05) is 0 Å². The number of primary amides is 1. The Hall–Kier alpha value is -0.460. The lowest BCUT2D eigenvalue weighted by Gasteiger charge is -2.07. The molecular weight excluding hydrogens is 142 g/mol. The molecule has 9 heavy (non-hydrogen) atoms. The third-order valence-electron chi connectivity index (χ3n) is 0.516. The third kappa shape index (κ3) is 5.41. The zero-order valence-electron chi connectivity index (χ0n) is 4.96. The molecule has 0 aromatic rings. The van der Waals surface area contributed by atoms with Crippen LogP contribution in [0, 0.1) is 0 Å². The van der Waals surface area contributed by atoms with Crippen molar-refractivity contribution in [2.24, 2.45) is 11.6 Å². The molecule has 54 valence electrons. The molecule has 0 fully saturated rings. The molecule has 0 rings (SSSR count). The highest BCUT2D eigenvalue weighted by molar-refractivity contribution is 7.97. The van der Waals surface area contributed by atoms with Crippen LogP contribution in [0.4, 0.5) is 4.79 Å². The molecule has 0 aromatic heterocycles. The topological polar surface area (TPSA) is 90.4 Å². The van der Waals surface area contributed by atoms with Crippen molar-refractivity contribution >= 4 is 18.0 Å². The zero-order valence-corrected chi connectivity index (χ0v) is 5.77. The van der Waals surface area contributed by atoms with E-state index in [9.17, 15) is 4.79 Å². The van der Waals surface area contributed by atoms with Gasteiger partial charge < -0.3 is 10.5 Å². The molecule has 5 N–H and O–H groups in total. The number of nitrogens with one attached hydrogen (secondary N) is 1. The summed E-state index contributed by atoms with van der Waals surface area (Å²) in [5.74, 6) is 4.89. The molecule has 0 radical (unpaired) electrons. The van der Waals surface area contributed by atoms with Crippen molar-refractivity contribution in [1.29, 1.82) is 0 Å². The largest absolute Gasteiger partial charge is 0.434 e. The van der Waals surface area contributed by atoms with Gasteiger partial charge in [0.05, 0.1) is 0 Å². The summed E-state index contributed by atoms with van der Waals surface area (Å²) in [5.41, 5.74) is 4.33. The van der Waals surface area contributed by atoms with Crippen LogP contribution in [0.15, 0.2) is 0 Å². The Morgan fingerprint density at radius 2 is 2.44 bits per heavy atom. The Morgan fingerprint density at radius 1 is 1.89 bits per heavy atom. The van der Waals surface area contributed by atoms with E-state index < -0.39 is 6.09 Å². The fourth-order valence-electron chi connectivity index (χ4n) is 0.283. The van der Waals surface area contributed by atoms with Crippen LogP contribution in [0.1, 0.15) is 6.92 Å². The van der Waals surface area contributed by atoms with Crippen molar-refractivity contribution in [2.45, 2.75) is 12.4 Å². The maximum atomic E-state index is 10.0. The molecule has 1 unspecified atom stereocenters. The minimum Gasteiger partial charge on any atom is -0.434 e. The van der Waals surface area contributed by atoms with Crippen LogP contribution < -0.4 is 16.4 Å². The number of carbonyl (C=O) groups excluding carboxylic acids is 1. The van der Waals surface area contributed by atoms with E-state index in [1.165, 1.54) is 0 Å². The first-order valence-corrected chi connectivity index (χ1v) is 3.12. The lowest BCUT2D eigenvalue weighted by Crippen LogP contribution is -2.23. The van der Waals surface area contributed by atoms with E-state index in [4.69, 9.17) is 5.84 Å². The number of nitrogens with two attached hydrogens (primary N) is 2. The normalized spacial score (nSPS) is 12.7. The Balaban J connectivity index is 3.26. The van der Waals surface area contributed by atoms with E-state index in [2.05, 4.69) is 15.3 Å². The maximum absolute atomic E-state index is 10.0. The summed E-state index contributed by atoms with van der Waals surface area (Å²) in [5, 5.41) is 0. The van der Waals surface area contributed by atoms with Crippen molar-refractivity contribution in [3.05, 3.63) is 0 Å². The summed E-state index contributed by atoms with van der Waals surface area (Å²) >= 11 is 1.06. The smallest absolute Gasteiger partial charge is 0.405 e. The van der Waals surface area contributed by atoms with Crippen LogP contribution in [-0.2, 0) is 4.74 Å². The highest BCUT2D eigenvalue weighted by Gasteiger charge is 2.03. The highest BCUT2D eigenvalue weighted by Crippen LogP contribution is 2.03. The second-order valence-electron chi connectivity index (χ2n) is 1.24. The van der Waals surface area contributed by atoms with Gasteiger partial charge in [-0.3, -0.25) is 5.84 Å². The van der Waals surface area contributed by atoms with Crippen LogP contribution in [0.5, 0.6) is 0 Å². The van der Waals surface area contributed by atoms with E-state index in [1.54, 1.807) is 6.92 Å². The van der Waals surface area contributed by atoms with Gasteiger partial charge in [-0.05, 0) is 18.9 Å². The molecule has 5 nitrogen and oxygen atoms in total. The number of hydrogen-bond donors (Lipinski definition) is 3. The van der Waals surface area contributed by atoms with Gasteiger partial charge in [-0.1, -0.05) is 0 Å². The zero-order chi connectivity index (χ0) is 7.28. The SMILES string of the molecule is CC(OC(N)=O)SNN. The van der Waals surface area contributed by atoms with Crippen molar-refractivity contribution in [1.82, 2.24) is 4.83 Å². The Bertz CT molecular complexity index is 99.1. The summed E-state index contributed by atoms with van der Waals surface area (Å²) in [7, 11) is 0. The van der Waals surface area contributed by atoms with Gasteiger partial charge in [0.25, 0.3) is 0 Å². The number of carbonyl (C=O) groups is 1. The standard InChI is InChI=1S/C3H9N3O2S/c1-2(9-6-5)8-3(4)7/h2,6H,5H2,1H3,(H2,4,7). The minimum atomic E-state index is -0.801. The maximum Gasteiger partial charge on any atom is 0.405 e. The molecule has 0 heterocycles. The number of amides is 1. The fraction of sp³-hybridized carbons (Fsp3) is 0.667. The van der Waals surface area contributed by atoms with Gasteiger partial charge in [0.2, 0.25) is 0 Å². The summed E-state index contributed by atoms with van der Waals surface area (Å²) < 4.78 is 4.45. The Labute approximate surface area is 57.2 Å². The predicted octanol–water partition coefficient (Wildman–Crippen LogP) is -0.461. The summed E-state index contributed by atoms with van der Waals surface area (Å²) in [4.78, 5) is 12.3. The molecular formula is C3H9N3O2S. The molecule has 0 aliphatic carbocycles. The molecule has 0 aliphatic heterocycles. The Kier molecular flexibility index (Phi) is 4.20. The van der Waals surface area contributed by atoms with E-state index in [0.717, 1.165) is 11.9 Å². The summed E-state index contributed by atoms with van der Waals surface area (Å²) in [6.07, 6.45) is -0.801. The molecule has 1 atom stereocenters. The van der Waals surface area contributed by atoms with Gasteiger partial charge in [0.15, 0.2) is 5.44 Å². The number of rotatable bonds is 3. The van der Waals surface area contributed by atoms with Gasteiger partial charge in [0.1, 0.15) is 0 Å². The number of ether oxygens (including phenoxy) is 1. The Morgan fingerprint density at radius 3 is 2.78 bits per heavy atom. The van der Waals surface area contributed by atoms with Gasteiger partial charge in [-0.2, -0.15) is 0 Å². The van der Waals surface area contributed by atoms with Crippen LogP contribution >= 0.6 is 11.9 Å². The lowest BCUT2D eigenvalue weighted by atomic mass is 10.8. The molecule has 0 saturated heterocycles. The summed E-state index contributed by atoms with van der Waals surface area (Å²) in [6, 6.07) is 0. The molecule has 0 spiro atoms. The van der Waals surface area contributed by atoms with E-state index in [-0.39, 0.29) is 5.44 Å². The monoisotopic (exact) mass is 151 g/mol. The van der Waals surface area contributed by atoms with Gasteiger partial charge >= 0.3 is 6.09 Å². The van der Waals surface area contributed by atoms with Crippen LogP contribution in [-0.4, -0.2) is 11.5 Å². The first kappa shape index (κ1) is 8.54. The lowest BCUT2D eigenvalue weighted by molar-refractivity contribution is 0.151.